The molecule has 2 aromatic heterocycles. The van der Waals surface area contributed by atoms with E-state index in [1.54, 1.807) is 0 Å². The molecular weight excluding hydrogens is 333 g/mol. The molecule has 0 aliphatic heterocycles. The molecule has 0 fully saturated rings. The van der Waals surface area contributed by atoms with Gasteiger partial charge in [-0.3, -0.25) is 9.48 Å². The van der Waals surface area contributed by atoms with Gasteiger partial charge in [-0.1, -0.05) is 18.2 Å². The van der Waals surface area contributed by atoms with E-state index in [0.717, 1.165) is 33.0 Å². The Bertz CT molecular complexity index is 924. The molecule has 1 aromatic carbocycles. The van der Waals surface area contributed by atoms with Crippen LogP contribution in [0.15, 0.2) is 30.5 Å². The van der Waals surface area contributed by atoms with Crippen molar-refractivity contribution in [2.75, 3.05) is 6.54 Å². The van der Waals surface area contributed by atoms with E-state index in [4.69, 9.17) is 0 Å². The van der Waals surface area contributed by atoms with Gasteiger partial charge in [0.15, 0.2) is 5.69 Å². The first-order valence-corrected chi connectivity index (χ1v) is 7.72. The SMILES string of the molecule is Cc1[nH]c2ccccc2c1CCNC(=O)c1cn(C)nc1C(F)(F)F. The molecule has 3 rings (SSSR count). The average molecular weight is 350 g/mol. The zero-order valence-electron chi connectivity index (χ0n) is 13.7. The van der Waals surface area contributed by atoms with Gasteiger partial charge in [-0.15, -0.1) is 0 Å². The lowest BCUT2D eigenvalue weighted by Gasteiger charge is -2.07. The highest BCUT2D eigenvalue weighted by Crippen LogP contribution is 2.30. The quantitative estimate of drug-likeness (QED) is 0.759. The zero-order chi connectivity index (χ0) is 18.2. The number of para-hydroxylation sites is 1. The summed E-state index contributed by atoms with van der Waals surface area (Å²) in [6, 6.07) is 7.77. The first-order chi connectivity index (χ1) is 11.8. The van der Waals surface area contributed by atoms with Crippen molar-refractivity contribution in [2.24, 2.45) is 7.05 Å². The Labute approximate surface area is 141 Å². The number of aromatic nitrogens is 3. The second kappa shape index (κ2) is 6.27. The average Bonchev–Trinajstić information content (AvgIpc) is 3.08. The van der Waals surface area contributed by atoms with Gasteiger partial charge in [0.2, 0.25) is 0 Å². The number of H-pyrrole nitrogens is 1. The number of nitrogens with zero attached hydrogens (tertiary/aromatic N) is 2. The highest BCUT2D eigenvalue weighted by Gasteiger charge is 2.38. The van der Waals surface area contributed by atoms with Crippen LogP contribution in [0.5, 0.6) is 0 Å². The molecule has 0 aliphatic carbocycles. The van der Waals surface area contributed by atoms with E-state index < -0.39 is 23.3 Å². The Morgan fingerprint density at radius 1 is 1.32 bits per heavy atom. The summed E-state index contributed by atoms with van der Waals surface area (Å²) in [6.07, 6.45) is -3.07. The number of rotatable bonds is 4. The van der Waals surface area contributed by atoms with Crippen LogP contribution in [0.25, 0.3) is 10.9 Å². The fourth-order valence-corrected chi connectivity index (χ4v) is 2.92. The number of carbonyl (C=O) groups excluding carboxylic acids is 1. The van der Waals surface area contributed by atoms with Gasteiger partial charge in [0.05, 0.1) is 5.56 Å². The molecule has 8 heteroatoms. The smallest absolute Gasteiger partial charge is 0.358 e. The molecule has 2 heterocycles. The molecular formula is C17H17F3N4O. The predicted molar refractivity (Wildman–Crippen MR) is 87.3 cm³/mol. The van der Waals surface area contributed by atoms with E-state index in [-0.39, 0.29) is 6.54 Å². The first kappa shape index (κ1) is 17.1. The molecule has 3 aromatic rings. The van der Waals surface area contributed by atoms with Gasteiger partial charge in [0.25, 0.3) is 5.91 Å². The van der Waals surface area contributed by atoms with E-state index in [1.165, 1.54) is 7.05 Å². The summed E-state index contributed by atoms with van der Waals surface area (Å²) >= 11 is 0. The number of aromatic amines is 1. The third kappa shape index (κ3) is 3.38. The second-order valence-corrected chi connectivity index (χ2v) is 5.84. The highest BCUT2D eigenvalue weighted by atomic mass is 19.4. The Morgan fingerprint density at radius 3 is 2.76 bits per heavy atom. The van der Waals surface area contributed by atoms with Crippen LogP contribution >= 0.6 is 0 Å². The Morgan fingerprint density at radius 2 is 2.04 bits per heavy atom. The zero-order valence-corrected chi connectivity index (χ0v) is 13.7. The summed E-state index contributed by atoms with van der Waals surface area (Å²) in [6.45, 7) is 2.16. The minimum atomic E-state index is -4.67. The number of carbonyl (C=O) groups is 1. The molecule has 0 saturated carbocycles. The number of fused-ring (bicyclic) bond motifs is 1. The number of benzene rings is 1. The highest BCUT2D eigenvalue weighted by molar-refractivity contribution is 5.95. The molecule has 2 N–H and O–H groups in total. The van der Waals surface area contributed by atoms with Crippen molar-refractivity contribution in [3.8, 4) is 0 Å². The van der Waals surface area contributed by atoms with Gasteiger partial charge in [0.1, 0.15) is 0 Å². The minimum absolute atomic E-state index is 0.230. The normalized spacial score (nSPS) is 11.9. The van der Waals surface area contributed by atoms with Crippen molar-refractivity contribution in [3.63, 3.8) is 0 Å². The Balaban J connectivity index is 1.72. The van der Waals surface area contributed by atoms with E-state index in [1.807, 2.05) is 31.2 Å². The van der Waals surface area contributed by atoms with Gasteiger partial charge in [0, 0.05) is 36.4 Å². The largest absolute Gasteiger partial charge is 0.435 e. The molecule has 0 aliphatic rings. The number of amides is 1. The van der Waals surface area contributed by atoms with Crippen molar-refractivity contribution in [3.05, 3.63) is 53.0 Å². The lowest BCUT2D eigenvalue weighted by atomic mass is 10.1. The van der Waals surface area contributed by atoms with Gasteiger partial charge < -0.3 is 10.3 Å². The molecule has 0 radical (unpaired) electrons. The molecule has 0 saturated heterocycles. The number of hydrogen-bond acceptors (Lipinski definition) is 2. The maximum atomic E-state index is 12.9. The van der Waals surface area contributed by atoms with Gasteiger partial charge in [-0.05, 0) is 25.0 Å². The summed E-state index contributed by atoms with van der Waals surface area (Å²) in [4.78, 5) is 15.4. The van der Waals surface area contributed by atoms with Crippen LogP contribution in [-0.2, 0) is 19.6 Å². The fraction of sp³-hybridized carbons (Fsp3) is 0.294. The topological polar surface area (TPSA) is 62.7 Å². The summed E-state index contributed by atoms with van der Waals surface area (Å²) in [5.41, 5.74) is 1.38. The minimum Gasteiger partial charge on any atom is -0.358 e. The Kier molecular flexibility index (Phi) is 4.28. The monoisotopic (exact) mass is 350 g/mol. The fourth-order valence-electron chi connectivity index (χ4n) is 2.92. The van der Waals surface area contributed by atoms with Crippen LogP contribution in [0, 0.1) is 6.92 Å². The van der Waals surface area contributed by atoms with Crippen LogP contribution < -0.4 is 5.32 Å². The lowest BCUT2D eigenvalue weighted by Crippen LogP contribution is -2.27. The van der Waals surface area contributed by atoms with Crippen LogP contribution in [-0.4, -0.2) is 27.2 Å². The van der Waals surface area contributed by atoms with Crippen molar-refractivity contribution in [2.45, 2.75) is 19.5 Å². The molecule has 132 valence electrons. The maximum absolute atomic E-state index is 12.9. The summed E-state index contributed by atoms with van der Waals surface area (Å²) in [5, 5.41) is 6.94. The summed E-state index contributed by atoms with van der Waals surface area (Å²) in [5.74, 6) is -0.780. The van der Waals surface area contributed by atoms with E-state index >= 15 is 0 Å². The molecule has 25 heavy (non-hydrogen) atoms. The molecule has 1 amide bonds. The van der Waals surface area contributed by atoms with Gasteiger partial charge >= 0.3 is 6.18 Å². The van der Waals surface area contributed by atoms with E-state index in [9.17, 15) is 18.0 Å². The van der Waals surface area contributed by atoms with E-state index in [0.29, 0.717) is 6.42 Å². The molecule has 0 atom stereocenters. The van der Waals surface area contributed by atoms with Crippen LogP contribution in [0.1, 0.15) is 27.3 Å². The number of alkyl halides is 3. The first-order valence-electron chi connectivity index (χ1n) is 7.72. The summed E-state index contributed by atoms with van der Waals surface area (Å²) < 4.78 is 39.8. The number of halogens is 3. The van der Waals surface area contributed by atoms with Crippen LogP contribution in [0.4, 0.5) is 13.2 Å². The summed E-state index contributed by atoms with van der Waals surface area (Å²) in [7, 11) is 1.35. The lowest BCUT2D eigenvalue weighted by molar-refractivity contribution is -0.141. The Hall–Kier alpha value is -2.77. The van der Waals surface area contributed by atoms with Crippen molar-refractivity contribution in [1.82, 2.24) is 20.1 Å². The van der Waals surface area contributed by atoms with Gasteiger partial charge in [-0.2, -0.15) is 18.3 Å². The molecule has 0 bridgehead atoms. The molecule has 0 unspecified atom stereocenters. The van der Waals surface area contributed by atoms with Crippen LogP contribution in [0.2, 0.25) is 0 Å². The van der Waals surface area contributed by atoms with Crippen molar-refractivity contribution in [1.29, 1.82) is 0 Å². The number of hydrogen-bond donors (Lipinski definition) is 2. The van der Waals surface area contributed by atoms with Crippen LogP contribution in [0.3, 0.4) is 0 Å². The number of aryl methyl sites for hydroxylation is 2. The number of nitrogens with one attached hydrogen (secondary N) is 2. The van der Waals surface area contributed by atoms with Gasteiger partial charge in [-0.25, -0.2) is 0 Å². The standard InChI is InChI=1S/C17H17F3N4O/c1-10-11(12-5-3-4-6-14(12)22-10)7-8-21-16(25)13-9-24(2)23-15(13)17(18,19)20/h3-6,9,22H,7-8H2,1-2H3,(H,21,25). The maximum Gasteiger partial charge on any atom is 0.435 e. The molecule has 5 nitrogen and oxygen atoms in total. The van der Waals surface area contributed by atoms with Crippen molar-refractivity contribution >= 4 is 16.8 Å². The molecule has 0 spiro atoms. The predicted octanol–water partition coefficient (Wildman–Crippen LogP) is 3.20. The third-order valence-electron chi connectivity index (χ3n) is 4.03. The van der Waals surface area contributed by atoms with E-state index in [2.05, 4.69) is 15.4 Å². The third-order valence-corrected chi connectivity index (χ3v) is 4.03. The second-order valence-electron chi connectivity index (χ2n) is 5.84. The van der Waals surface area contributed by atoms with Crippen molar-refractivity contribution < 1.29 is 18.0 Å².